The standard InChI is InChI=1S/C12H14N5O4P/c1-22(18,19)20-5-8-3-2-4-9(21-8)17-7-16-10-11(13)14-6-15-12(10)17/h2-4,6-8,18-19H,1,5H2,(H2,13,14,15)/t8-/m0/s1. The van der Waals surface area contributed by atoms with Crippen LogP contribution in [0.2, 0.25) is 0 Å². The molecular weight excluding hydrogens is 309 g/mol. The Labute approximate surface area is 125 Å². The lowest BCUT2D eigenvalue weighted by Gasteiger charge is -2.22. The third kappa shape index (κ3) is 3.02. The number of aromatic nitrogens is 4. The molecule has 0 saturated carbocycles. The number of nitrogens with zero attached hydrogens (tertiary/aromatic N) is 4. The zero-order valence-corrected chi connectivity index (χ0v) is 12.3. The normalized spacial score (nSPS) is 18.3. The predicted molar refractivity (Wildman–Crippen MR) is 82.5 cm³/mol. The number of rotatable bonds is 4. The fourth-order valence-corrected chi connectivity index (χ4v) is 2.31. The molecule has 2 aromatic rings. The third-order valence-corrected chi connectivity index (χ3v) is 3.44. The number of nitrogen functional groups attached to an aromatic ring is 1. The molecule has 9 nitrogen and oxygen atoms in total. The summed E-state index contributed by atoms with van der Waals surface area (Å²) in [6, 6.07) is 0. The van der Waals surface area contributed by atoms with Crippen molar-refractivity contribution in [3.63, 3.8) is 0 Å². The van der Waals surface area contributed by atoms with Crippen LogP contribution in [0.1, 0.15) is 0 Å². The highest BCUT2D eigenvalue weighted by molar-refractivity contribution is 7.57. The summed E-state index contributed by atoms with van der Waals surface area (Å²) in [6.07, 6.45) is 10.7. The molecule has 3 rings (SSSR count). The van der Waals surface area contributed by atoms with Crippen LogP contribution in [-0.4, -0.2) is 48.3 Å². The van der Waals surface area contributed by atoms with Crippen molar-refractivity contribution < 1.29 is 19.0 Å². The van der Waals surface area contributed by atoms with Gasteiger partial charge in [0.2, 0.25) is 13.4 Å². The minimum atomic E-state index is -3.55. The molecular formula is C12H14N5O4P. The van der Waals surface area contributed by atoms with Gasteiger partial charge in [0.05, 0.1) is 6.61 Å². The van der Waals surface area contributed by atoms with E-state index in [-0.39, 0.29) is 12.4 Å². The van der Waals surface area contributed by atoms with Gasteiger partial charge in [-0.15, -0.1) is 0 Å². The molecule has 4 N–H and O–H groups in total. The Hall–Kier alpha value is -2.19. The first kappa shape index (κ1) is 14.7. The van der Waals surface area contributed by atoms with Crippen LogP contribution in [0, 0.1) is 0 Å². The van der Waals surface area contributed by atoms with E-state index in [0.717, 1.165) is 0 Å². The van der Waals surface area contributed by atoms with Crippen LogP contribution in [-0.2, 0) is 9.26 Å². The molecule has 10 heteroatoms. The molecule has 0 spiro atoms. The number of anilines is 1. The Balaban J connectivity index is 1.83. The number of ether oxygens (including phenoxy) is 1. The number of hydrogen-bond acceptors (Lipinski definition) is 8. The Kier molecular flexibility index (Phi) is 3.71. The van der Waals surface area contributed by atoms with E-state index >= 15 is 0 Å². The molecule has 0 radical (unpaired) electrons. The van der Waals surface area contributed by atoms with Gasteiger partial charge in [-0.25, -0.2) is 15.0 Å². The van der Waals surface area contributed by atoms with Crippen LogP contribution in [0.3, 0.4) is 0 Å². The second-order valence-corrected chi connectivity index (χ2v) is 6.14. The van der Waals surface area contributed by atoms with E-state index in [1.165, 1.54) is 12.7 Å². The average Bonchev–Trinajstić information content (AvgIpc) is 2.90. The van der Waals surface area contributed by atoms with E-state index in [0.29, 0.717) is 17.0 Å². The van der Waals surface area contributed by atoms with E-state index in [1.54, 1.807) is 22.8 Å². The fourth-order valence-electron chi connectivity index (χ4n) is 1.93. The molecule has 2 aromatic heterocycles. The van der Waals surface area contributed by atoms with Gasteiger partial charge in [0.1, 0.15) is 18.8 Å². The molecule has 1 atom stereocenters. The molecule has 0 amide bonds. The Bertz CT molecular complexity index is 809. The molecule has 0 aliphatic carbocycles. The van der Waals surface area contributed by atoms with Crippen molar-refractivity contribution in [1.29, 1.82) is 0 Å². The number of fused-ring (bicyclic) bond motifs is 1. The van der Waals surface area contributed by atoms with Gasteiger partial charge in [-0.2, -0.15) is 0 Å². The lowest BCUT2D eigenvalue weighted by molar-refractivity contribution is 0.118. The van der Waals surface area contributed by atoms with E-state index in [4.69, 9.17) is 24.8 Å². The summed E-state index contributed by atoms with van der Waals surface area (Å²) in [4.78, 5) is 30.5. The second kappa shape index (κ2) is 5.54. The Morgan fingerprint density at radius 2 is 2.23 bits per heavy atom. The van der Waals surface area contributed by atoms with Gasteiger partial charge in [-0.05, 0) is 18.5 Å². The smallest absolute Gasteiger partial charge is 0.245 e. The van der Waals surface area contributed by atoms with Crippen molar-refractivity contribution in [2.24, 2.45) is 0 Å². The Morgan fingerprint density at radius 3 is 3.00 bits per heavy atom. The van der Waals surface area contributed by atoms with Crippen molar-refractivity contribution >= 4 is 36.7 Å². The number of imidazole rings is 1. The highest BCUT2D eigenvalue weighted by Crippen LogP contribution is 2.35. The lowest BCUT2D eigenvalue weighted by atomic mass is 10.3. The maximum absolute atomic E-state index is 9.16. The van der Waals surface area contributed by atoms with Crippen molar-refractivity contribution in [2.75, 3.05) is 12.3 Å². The topological polar surface area (TPSA) is 129 Å². The molecule has 0 unspecified atom stereocenters. The van der Waals surface area contributed by atoms with E-state index in [2.05, 4.69) is 21.3 Å². The fraction of sp³-hybridized carbons (Fsp3) is 0.167. The van der Waals surface area contributed by atoms with Crippen LogP contribution in [0.15, 0.2) is 30.9 Å². The summed E-state index contributed by atoms with van der Waals surface area (Å²) < 4.78 is 12.2. The van der Waals surface area contributed by atoms with Crippen LogP contribution in [0.5, 0.6) is 0 Å². The largest absolute Gasteiger partial charge is 0.468 e. The van der Waals surface area contributed by atoms with E-state index in [1.807, 2.05) is 0 Å². The van der Waals surface area contributed by atoms with E-state index < -0.39 is 13.7 Å². The zero-order valence-electron chi connectivity index (χ0n) is 11.4. The quantitative estimate of drug-likeness (QED) is 0.688. The maximum atomic E-state index is 9.16. The summed E-state index contributed by atoms with van der Waals surface area (Å²) in [5, 5.41) is 0. The second-order valence-electron chi connectivity index (χ2n) is 4.55. The summed E-state index contributed by atoms with van der Waals surface area (Å²) in [5.74, 6) is 0.739. The number of nitrogens with two attached hydrogens (primary N) is 1. The monoisotopic (exact) mass is 323 g/mol. The van der Waals surface area contributed by atoms with Crippen LogP contribution in [0.4, 0.5) is 5.82 Å². The molecule has 22 heavy (non-hydrogen) atoms. The number of allylic oxidation sites excluding steroid dienone is 2. The molecule has 0 bridgehead atoms. The molecule has 0 fully saturated rings. The van der Waals surface area contributed by atoms with Crippen LogP contribution in [0.25, 0.3) is 17.0 Å². The molecule has 1 aliphatic heterocycles. The maximum Gasteiger partial charge on any atom is 0.245 e. The number of hydrogen-bond donors (Lipinski definition) is 3. The predicted octanol–water partition coefficient (Wildman–Crippen LogP) is 0.358. The average molecular weight is 323 g/mol. The minimum Gasteiger partial charge on any atom is -0.468 e. The van der Waals surface area contributed by atoms with Crippen molar-refractivity contribution in [3.05, 3.63) is 30.9 Å². The van der Waals surface area contributed by atoms with Crippen LogP contribution < -0.4 is 5.73 Å². The van der Waals surface area contributed by atoms with Gasteiger partial charge < -0.3 is 24.8 Å². The molecule has 1 aliphatic rings. The zero-order chi connectivity index (χ0) is 15.7. The Morgan fingerprint density at radius 1 is 1.41 bits per heavy atom. The van der Waals surface area contributed by atoms with Gasteiger partial charge >= 0.3 is 0 Å². The molecule has 116 valence electrons. The van der Waals surface area contributed by atoms with Crippen molar-refractivity contribution in [1.82, 2.24) is 19.5 Å². The first-order valence-electron chi connectivity index (χ1n) is 6.26. The van der Waals surface area contributed by atoms with Gasteiger partial charge in [0, 0.05) is 0 Å². The minimum absolute atomic E-state index is 0.0398. The van der Waals surface area contributed by atoms with E-state index in [9.17, 15) is 0 Å². The summed E-state index contributed by atoms with van der Waals surface area (Å²) in [7, 11) is -3.55. The molecule has 0 saturated heterocycles. The van der Waals surface area contributed by atoms with Gasteiger partial charge in [0.25, 0.3) is 0 Å². The first-order chi connectivity index (χ1) is 10.4. The first-order valence-corrected chi connectivity index (χ1v) is 8.06. The SMILES string of the molecule is C=P(O)(O)OC[C@@H]1C=CC=C(n2cnc3c(N)ncnc32)O1. The van der Waals surface area contributed by atoms with Crippen molar-refractivity contribution in [2.45, 2.75) is 6.10 Å². The lowest BCUT2D eigenvalue weighted by Crippen LogP contribution is -2.20. The van der Waals surface area contributed by atoms with Gasteiger partial charge in [0.15, 0.2) is 17.0 Å². The van der Waals surface area contributed by atoms with Crippen LogP contribution >= 0.6 is 7.57 Å². The summed E-state index contributed by atoms with van der Waals surface area (Å²) in [5.41, 5.74) is 6.73. The molecule has 3 heterocycles. The summed E-state index contributed by atoms with van der Waals surface area (Å²) >= 11 is 0. The highest BCUT2D eigenvalue weighted by atomic mass is 31.2. The van der Waals surface area contributed by atoms with Crippen molar-refractivity contribution in [3.8, 4) is 0 Å². The van der Waals surface area contributed by atoms with Gasteiger partial charge in [-0.1, -0.05) is 6.08 Å². The summed E-state index contributed by atoms with van der Waals surface area (Å²) in [6.45, 7) is -0.0398. The molecule has 0 aromatic carbocycles. The van der Waals surface area contributed by atoms with Gasteiger partial charge in [-0.3, -0.25) is 4.57 Å². The third-order valence-electron chi connectivity index (χ3n) is 2.88. The highest BCUT2D eigenvalue weighted by Gasteiger charge is 2.19.